The lowest BCUT2D eigenvalue weighted by Crippen LogP contribution is -2.31. The Balaban J connectivity index is 2.40. The molecule has 17 heavy (non-hydrogen) atoms. The van der Waals surface area contributed by atoms with Gasteiger partial charge in [-0.15, -0.1) is 0 Å². The molecule has 2 N–H and O–H groups in total. The summed E-state index contributed by atoms with van der Waals surface area (Å²) < 4.78 is 23.9. The Hall–Kier alpha value is -1.60. The van der Waals surface area contributed by atoms with Crippen molar-refractivity contribution >= 4 is 5.69 Å². The molecule has 0 radical (unpaired) electrons. The molecular weight excluding hydrogens is 234 g/mol. The normalized spacial score (nSPS) is 12.7. The number of hydrogen-bond donors (Lipinski definition) is 2. The molecule has 0 saturated heterocycles. The van der Waals surface area contributed by atoms with Crippen molar-refractivity contribution in [3.8, 4) is 0 Å². The number of nitrogens with one attached hydrogen (secondary N) is 1. The molecular formula is C10H12F2N2O3. The first-order valence-electron chi connectivity index (χ1n) is 4.91. The molecule has 0 aliphatic heterocycles. The van der Waals surface area contributed by atoms with E-state index in [-0.39, 0.29) is 18.8 Å². The number of rotatable bonds is 6. The lowest BCUT2D eigenvalue weighted by Gasteiger charge is -2.10. The lowest BCUT2D eigenvalue weighted by atomic mass is 10.2. The molecule has 0 bridgehead atoms. The number of alkyl halides is 2. The number of halogens is 2. The standard InChI is InChI=1S/C10H12F2N2O3/c11-10(12)9(15)6-13-5-7-1-3-8(4-2-7)14(16)17/h1-4,9-10,13,15H,5-6H2. The molecule has 1 aromatic carbocycles. The topological polar surface area (TPSA) is 75.4 Å². The molecule has 0 saturated carbocycles. The van der Waals surface area contributed by atoms with Crippen LogP contribution in [0.2, 0.25) is 0 Å². The SMILES string of the molecule is O=[N+]([O-])c1ccc(CNCC(O)C(F)F)cc1. The lowest BCUT2D eigenvalue weighted by molar-refractivity contribution is -0.384. The van der Waals surface area contributed by atoms with Gasteiger partial charge in [-0.1, -0.05) is 12.1 Å². The van der Waals surface area contributed by atoms with Crippen molar-refractivity contribution in [1.82, 2.24) is 5.32 Å². The number of hydrogen-bond acceptors (Lipinski definition) is 4. The van der Waals surface area contributed by atoms with Gasteiger partial charge in [-0.05, 0) is 5.56 Å². The highest BCUT2D eigenvalue weighted by molar-refractivity contribution is 5.32. The fourth-order valence-corrected chi connectivity index (χ4v) is 1.19. The number of nitro benzene ring substituents is 1. The van der Waals surface area contributed by atoms with Gasteiger partial charge >= 0.3 is 0 Å². The maximum absolute atomic E-state index is 11.9. The van der Waals surface area contributed by atoms with E-state index in [1.807, 2.05) is 0 Å². The molecule has 0 aliphatic rings. The number of aliphatic hydroxyl groups is 1. The van der Waals surface area contributed by atoms with E-state index in [1.165, 1.54) is 24.3 Å². The number of nitro groups is 1. The number of non-ortho nitro benzene ring substituents is 1. The Bertz CT molecular complexity index is 370. The van der Waals surface area contributed by atoms with Crippen molar-refractivity contribution in [2.24, 2.45) is 0 Å². The molecule has 0 heterocycles. The Morgan fingerprint density at radius 1 is 1.35 bits per heavy atom. The molecule has 0 fully saturated rings. The maximum atomic E-state index is 11.9. The molecule has 0 spiro atoms. The van der Waals surface area contributed by atoms with E-state index in [0.717, 1.165) is 5.56 Å². The van der Waals surface area contributed by atoms with Crippen LogP contribution in [-0.4, -0.2) is 29.1 Å². The predicted molar refractivity (Wildman–Crippen MR) is 56.8 cm³/mol. The average Bonchev–Trinajstić information content (AvgIpc) is 2.29. The summed E-state index contributed by atoms with van der Waals surface area (Å²) in [7, 11) is 0. The van der Waals surface area contributed by atoms with Crippen LogP contribution in [0.4, 0.5) is 14.5 Å². The van der Waals surface area contributed by atoms with Crippen LogP contribution in [0.15, 0.2) is 24.3 Å². The zero-order valence-electron chi connectivity index (χ0n) is 8.85. The smallest absolute Gasteiger partial charge is 0.269 e. The van der Waals surface area contributed by atoms with Crippen LogP contribution in [-0.2, 0) is 6.54 Å². The van der Waals surface area contributed by atoms with Crippen LogP contribution in [0.3, 0.4) is 0 Å². The Kier molecular flexibility index (Phi) is 4.92. The minimum Gasteiger partial charge on any atom is -0.386 e. The molecule has 5 nitrogen and oxygen atoms in total. The predicted octanol–water partition coefficient (Wildman–Crippen LogP) is 1.31. The molecule has 1 aromatic rings. The van der Waals surface area contributed by atoms with Gasteiger partial charge in [0.15, 0.2) is 0 Å². The van der Waals surface area contributed by atoms with Gasteiger partial charge < -0.3 is 10.4 Å². The van der Waals surface area contributed by atoms with Gasteiger partial charge in [-0.3, -0.25) is 10.1 Å². The van der Waals surface area contributed by atoms with E-state index in [1.54, 1.807) is 0 Å². The third-order valence-corrected chi connectivity index (χ3v) is 2.12. The average molecular weight is 246 g/mol. The van der Waals surface area contributed by atoms with Gasteiger partial charge in [0.1, 0.15) is 6.10 Å². The van der Waals surface area contributed by atoms with Crippen molar-refractivity contribution in [2.75, 3.05) is 6.54 Å². The molecule has 1 unspecified atom stereocenters. The van der Waals surface area contributed by atoms with E-state index in [4.69, 9.17) is 5.11 Å². The second-order valence-corrected chi connectivity index (χ2v) is 3.46. The van der Waals surface area contributed by atoms with Gasteiger partial charge in [0.2, 0.25) is 0 Å². The van der Waals surface area contributed by atoms with Crippen molar-refractivity contribution in [3.63, 3.8) is 0 Å². The van der Waals surface area contributed by atoms with Crippen molar-refractivity contribution < 1.29 is 18.8 Å². The van der Waals surface area contributed by atoms with E-state index in [9.17, 15) is 18.9 Å². The summed E-state index contributed by atoms with van der Waals surface area (Å²) in [6.07, 6.45) is -4.48. The minimum atomic E-state index is -2.78. The third-order valence-electron chi connectivity index (χ3n) is 2.12. The van der Waals surface area contributed by atoms with E-state index in [2.05, 4.69) is 5.32 Å². The van der Waals surface area contributed by atoms with Gasteiger partial charge in [-0.2, -0.15) is 0 Å². The third kappa shape index (κ3) is 4.41. The van der Waals surface area contributed by atoms with E-state index in [0.29, 0.717) is 0 Å². The highest BCUT2D eigenvalue weighted by atomic mass is 19.3. The Morgan fingerprint density at radius 2 is 1.94 bits per heavy atom. The zero-order chi connectivity index (χ0) is 12.8. The molecule has 94 valence electrons. The summed E-state index contributed by atoms with van der Waals surface area (Å²) >= 11 is 0. The number of benzene rings is 1. The van der Waals surface area contributed by atoms with E-state index >= 15 is 0 Å². The Morgan fingerprint density at radius 3 is 2.41 bits per heavy atom. The fraction of sp³-hybridized carbons (Fsp3) is 0.400. The van der Waals surface area contributed by atoms with Crippen molar-refractivity contribution in [3.05, 3.63) is 39.9 Å². The van der Waals surface area contributed by atoms with Crippen LogP contribution in [0.5, 0.6) is 0 Å². The molecule has 0 aromatic heterocycles. The van der Waals surface area contributed by atoms with Crippen LogP contribution >= 0.6 is 0 Å². The first-order valence-corrected chi connectivity index (χ1v) is 4.91. The molecule has 1 rings (SSSR count). The summed E-state index contributed by atoms with van der Waals surface area (Å²) in [4.78, 5) is 9.85. The highest BCUT2D eigenvalue weighted by Crippen LogP contribution is 2.11. The van der Waals surface area contributed by atoms with Gasteiger partial charge in [0.25, 0.3) is 12.1 Å². The molecule has 0 aliphatic carbocycles. The second kappa shape index (κ2) is 6.21. The summed E-state index contributed by atoms with van der Waals surface area (Å²) in [6.45, 7) is 0.0381. The fourth-order valence-electron chi connectivity index (χ4n) is 1.19. The quantitative estimate of drug-likeness (QED) is 0.586. The van der Waals surface area contributed by atoms with Gasteiger partial charge in [0.05, 0.1) is 4.92 Å². The van der Waals surface area contributed by atoms with E-state index < -0.39 is 17.5 Å². The molecule has 7 heteroatoms. The summed E-state index contributed by atoms with van der Waals surface area (Å²) in [6, 6.07) is 5.72. The van der Waals surface area contributed by atoms with Crippen LogP contribution in [0.1, 0.15) is 5.56 Å². The molecule has 1 atom stereocenters. The molecule has 0 amide bonds. The maximum Gasteiger partial charge on any atom is 0.269 e. The number of aliphatic hydroxyl groups excluding tert-OH is 1. The highest BCUT2D eigenvalue weighted by Gasteiger charge is 2.15. The summed E-state index contributed by atoms with van der Waals surface area (Å²) in [5.41, 5.74) is 0.693. The Labute approximate surface area is 96.2 Å². The summed E-state index contributed by atoms with van der Waals surface area (Å²) in [5, 5.41) is 21.8. The van der Waals surface area contributed by atoms with Gasteiger partial charge in [-0.25, -0.2) is 8.78 Å². The van der Waals surface area contributed by atoms with Crippen molar-refractivity contribution in [2.45, 2.75) is 19.1 Å². The summed E-state index contributed by atoms with van der Waals surface area (Å²) in [5.74, 6) is 0. The minimum absolute atomic E-state index is 0.0265. The first kappa shape index (κ1) is 13.5. The monoisotopic (exact) mass is 246 g/mol. The van der Waals surface area contributed by atoms with Crippen LogP contribution in [0.25, 0.3) is 0 Å². The largest absolute Gasteiger partial charge is 0.386 e. The van der Waals surface area contributed by atoms with Crippen molar-refractivity contribution in [1.29, 1.82) is 0 Å². The van der Waals surface area contributed by atoms with Gasteiger partial charge in [0, 0.05) is 25.2 Å². The number of nitrogens with zero attached hydrogens (tertiary/aromatic N) is 1. The van der Waals surface area contributed by atoms with Crippen LogP contribution in [0, 0.1) is 10.1 Å². The first-order chi connectivity index (χ1) is 8.00. The second-order valence-electron chi connectivity index (χ2n) is 3.46. The van der Waals surface area contributed by atoms with Crippen LogP contribution < -0.4 is 5.32 Å². The zero-order valence-corrected chi connectivity index (χ0v) is 8.85.